The third-order valence-electron chi connectivity index (χ3n) is 12.6. The van der Waals surface area contributed by atoms with Crippen LogP contribution >= 0.6 is 0 Å². The highest BCUT2D eigenvalue weighted by Crippen LogP contribution is 2.53. The lowest BCUT2D eigenvalue weighted by Gasteiger charge is -2.29. The van der Waals surface area contributed by atoms with Crippen molar-refractivity contribution < 1.29 is 4.42 Å². The molecule has 0 atom stereocenters. The van der Waals surface area contributed by atoms with Gasteiger partial charge < -0.3 is 13.9 Å². The summed E-state index contributed by atoms with van der Waals surface area (Å²) in [4.78, 5) is 2.43. The van der Waals surface area contributed by atoms with Gasteiger partial charge in [-0.15, -0.1) is 0 Å². The van der Waals surface area contributed by atoms with E-state index in [1.54, 1.807) is 0 Å². The lowest BCUT2D eigenvalue weighted by molar-refractivity contribution is 0.660. The summed E-state index contributed by atoms with van der Waals surface area (Å²) in [5.74, 6) is 0. The van der Waals surface area contributed by atoms with Gasteiger partial charge in [0, 0.05) is 43.4 Å². The second-order valence-electron chi connectivity index (χ2n) is 16.1. The van der Waals surface area contributed by atoms with Crippen molar-refractivity contribution in [2.45, 2.75) is 19.3 Å². The molecule has 0 amide bonds. The lowest BCUT2D eigenvalue weighted by Crippen LogP contribution is -2.17. The molecule has 0 fully saturated rings. The van der Waals surface area contributed by atoms with E-state index in [1.807, 2.05) is 6.07 Å². The van der Waals surface area contributed by atoms with Crippen molar-refractivity contribution in [2.75, 3.05) is 4.90 Å². The van der Waals surface area contributed by atoms with Crippen LogP contribution in [-0.2, 0) is 5.41 Å². The van der Waals surface area contributed by atoms with Crippen LogP contribution in [0, 0.1) is 0 Å². The van der Waals surface area contributed by atoms with Gasteiger partial charge in [0.2, 0.25) is 0 Å². The third kappa shape index (κ3) is 4.68. The van der Waals surface area contributed by atoms with E-state index in [9.17, 15) is 0 Å². The second kappa shape index (κ2) is 12.3. The number of anilines is 3. The van der Waals surface area contributed by atoms with Crippen molar-refractivity contribution in [3.8, 4) is 27.9 Å². The number of nitrogens with zero attached hydrogens (tertiary/aromatic N) is 2. The standard InChI is InChI=1S/C55H38N2O/c1-55(2)46-33-36(35-15-4-3-5-16-35)27-29-38(46)39-30-28-37(34-47(39)55)56(52-25-14-22-45-44-21-10-13-26-53(44)58-54(45)52)50-31-32-51(43-18-7-6-17-42(43)50)57-48-23-11-8-19-40(48)41-20-9-12-24-49(41)57/h3-34H,1-2H3. The predicted molar refractivity (Wildman–Crippen MR) is 243 cm³/mol. The minimum Gasteiger partial charge on any atom is -0.454 e. The molecular formula is C55H38N2O. The molecule has 12 rings (SSSR count). The highest BCUT2D eigenvalue weighted by molar-refractivity contribution is 6.14. The van der Waals surface area contributed by atoms with Crippen molar-refractivity contribution in [3.05, 3.63) is 205 Å². The number of hydrogen-bond donors (Lipinski definition) is 0. The Kier molecular flexibility index (Phi) is 6.98. The van der Waals surface area contributed by atoms with Crippen LogP contribution in [0.2, 0.25) is 0 Å². The SMILES string of the molecule is CC1(C)c2cc(-c3ccccc3)ccc2-c2ccc(N(c3ccc(-n4c5ccccc5c5ccccc54)c4ccccc34)c3cccc4c3oc3ccccc34)cc21. The molecule has 0 radical (unpaired) electrons. The topological polar surface area (TPSA) is 21.3 Å². The van der Waals surface area contributed by atoms with Crippen LogP contribution < -0.4 is 4.90 Å². The van der Waals surface area contributed by atoms with Gasteiger partial charge in [-0.05, 0) is 88.0 Å². The van der Waals surface area contributed by atoms with Crippen LogP contribution in [0.25, 0.3) is 82.5 Å². The number of aromatic nitrogens is 1. The maximum atomic E-state index is 6.79. The summed E-state index contributed by atoms with van der Waals surface area (Å²) in [5, 5.41) is 7.06. The van der Waals surface area contributed by atoms with Gasteiger partial charge in [-0.25, -0.2) is 0 Å². The number of para-hydroxylation sites is 4. The van der Waals surface area contributed by atoms with Gasteiger partial charge in [0.25, 0.3) is 0 Å². The smallest absolute Gasteiger partial charge is 0.159 e. The number of furan rings is 1. The first-order valence-corrected chi connectivity index (χ1v) is 20.1. The monoisotopic (exact) mass is 742 g/mol. The molecule has 274 valence electrons. The van der Waals surface area contributed by atoms with Crippen molar-refractivity contribution in [1.82, 2.24) is 4.57 Å². The normalized spacial score (nSPS) is 13.1. The minimum absolute atomic E-state index is 0.217. The largest absolute Gasteiger partial charge is 0.454 e. The van der Waals surface area contributed by atoms with Crippen LogP contribution in [0.15, 0.2) is 199 Å². The summed E-state index contributed by atoms with van der Waals surface area (Å²) in [6, 6.07) is 70.6. The summed E-state index contributed by atoms with van der Waals surface area (Å²) in [5.41, 5.74) is 16.0. The van der Waals surface area contributed by atoms with Crippen molar-refractivity contribution >= 4 is 71.6 Å². The third-order valence-corrected chi connectivity index (χ3v) is 12.6. The molecule has 2 heterocycles. The molecule has 58 heavy (non-hydrogen) atoms. The molecule has 3 heteroatoms. The molecule has 0 N–H and O–H groups in total. The Morgan fingerprint density at radius 3 is 1.79 bits per heavy atom. The zero-order chi connectivity index (χ0) is 38.5. The van der Waals surface area contributed by atoms with Gasteiger partial charge in [0.15, 0.2) is 5.58 Å². The first-order valence-electron chi connectivity index (χ1n) is 20.1. The Morgan fingerprint density at radius 1 is 0.431 bits per heavy atom. The van der Waals surface area contributed by atoms with Crippen molar-refractivity contribution in [2.24, 2.45) is 0 Å². The molecule has 0 unspecified atom stereocenters. The number of benzene rings is 9. The molecule has 1 aliphatic carbocycles. The van der Waals surface area contributed by atoms with Gasteiger partial charge in [-0.1, -0.05) is 153 Å². The summed E-state index contributed by atoms with van der Waals surface area (Å²) < 4.78 is 9.22. The molecule has 0 spiro atoms. The molecule has 2 aromatic heterocycles. The van der Waals surface area contributed by atoms with E-state index in [0.29, 0.717) is 0 Å². The molecule has 1 aliphatic rings. The second-order valence-corrected chi connectivity index (χ2v) is 16.1. The van der Waals surface area contributed by atoms with Gasteiger partial charge in [0.05, 0.1) is 28.1 Å². The number of rotatable bonds is 5. The minimum atomic E-state index is -0.217. The average Bonchev–Trinajstić information content (AvgIpc) is 3.90. The highest BCUT2D eigenvalue weighted by Gasteiger charge is 2.37. The molecule has 9 aromatic carbocycles. The molecule has 0 saturated heterocycles. The first-order chi connectivity index (χ1) is 28.5. The van der Waals surface area contributed by atoms with E-state index >= 15 is 0 Å². The van der Waals surface area contributed by atoms with E-state index < -0.39 is 0 Å². The van der Waals surface area contributed by atoms with Gasteiger partial charge in [-0.2, -0.15) is 0 Å². The lowest BCUT2D eigenvalue weighted by atomic mass is 9.81. The molecule has 0 aliphatic heterocycles. The van der Waals surface area contributed by atoms with Gasteiger partial charge >= 0.3 is 0 Å². The zero-order valence-corrected chi connectivity index (χ0v) is 32.3. The predicted octanol–water partition coefficient (Wildman–Crippen LogP) is 15.3. The molecule has 11 aromatic rings. The summed E-state index contributed by atoms with van der Waals surface area (Å²) >= 11 is 0. The summed E-state index contributed by atoms with van der Waals surface area (Å²) in [6.07, 6.45) is 0. The van der Waals surface area contributed by atoms with Crippen LogP contribution in [0.5, 0.6) is 0 Å². The summed E-state index contributed by atoms with van der Waals surface area (Å²) in [7, 11) is 0. The van der Waals surface area contributed by atoms with Gasteiger partial charge in [-0.3, -0.25) is 0 Å². The first kappa shape index (κ1) is 32.8. The van der Waals surface area contributed by atoms with Gasteiger partial charge in [0.1, 0.15) is 5.58 Å². The average molecular weight is 743 g/mol. The van der Waals surface area contributed by atoms with E-state index in [1.165, 1.54) is 60.6 Å². The highest BCUT2D eigenvalue weighted by atomic mass is 16.3. The summed E-state index contributed by atoms with van der Waals surface area (Å²) in [6.45, 7) is 4.74. The Balaban J connectivity index is 1.10. The van der Waals surface area contributed by atoms with E-state index in [2.05, 4.69) is 211 Å². The van der Waals surface area contributed by atoms with Crippen LogP contribution in [-0.4, -0.2) is 4.57 Å². The molecule has 3 nitrogen and oxygen atoms in total. The molecule has 0 saturated carbocycles. The van der Waals surface area contributed by atoms with Crippen LogP contribution in [0.1, 0.15) is 25.0 Å². The van der Waals surface area contributed by atoms with Crippen LogP contribution in [0.3, 0.4) is 0 Å². The van der Waals surface area contributed by atoms with E-state index in [0.717, 1.165) is 50.1 Å². The fourth-order valence-electron chi connectivity index (χ4n) is 9.83. The Morgan fingerprint density at radius 2 is 1.03 bits per heavy atom. The quantitative estimate of drug-likeness (QED) is 0.175. The number of hydrogen-bond acceptors (Lipinski definition) is 2. The Bertz CT molecular complexity index is 3390. The van der Waals surface area contributed by atoms with Crippen LogP contribution in [0.4, 0.5) is 17.1 Å². The maximum absolute atomic E-state index is 6.79. The Labute approximate surface area is 336 Å². The fraction of sp³-hybridized carbons (Fsp3) is 0.0545. The van der Waals surface area contributed by atoms with E-state index in [-0.39, 0.29) is 5.41 Å². The molecular weight excluding hydrogens is 705 g/mol. The van der Waals surface area contributed by atoms with Crippen molar-refractivity contribution in [3.63, 3.8) is 0 Å². The number of fused-ring (bicyclic) bond motifs is 10. The fourth-order valence-corrected chi connectivity index (χ4v) is 9.83. The maximum Gasteiger partial charge on any atom is 0.159 e. The van der Waals surface area contributed by atoms with Crippen molar-refractivity contribution in [1.29, 1.82) is 0 Å². The van der Waals surface area contributed by atoms with E-state index in [4.69, 9.17) is 4.42 Å². The zero-order valence-electron chi connectivity index (χ0n) is 32.3. The molecule has 0 bridgehead atoms. The Hall–Kier alpha value is -7.36.